The maximum Gasteiger partial charge on any atom is 0.177 e. The average Bonchev–Trinajstić information content (AvgIpc) is 2.34. The molecule has 0 aliphatic heterocycles. The summed E-state index contributed by atoms with van der Waals surface area (Å²) in [6.07, 6.45) is 1.63. The molecular weight excluding hydrogens is 172 g/mol. The molecule has 1 heterocycles. The van der Waals surface area contributed by atoms with E-state index < -0.39 is 0 Å². The maximum atomic E-state index is 11.0. The molecule has 3 nitrogen and oxygen atoms in total. The zero-order valence-electron chi connectivity index (χ0n) is 7.50. The van der Waals surface area contributed by atoms with Crippen LogP contribution in [0.5, 0.6) is 0 Å². The van der Waals surface area contributed by atoms with Gasteiger partial charge in [0.2, 0.25) is 0 Å². The first kappa shape index (κ1) is 9.32. The highest BCUT2D eigenvalue weighted by molar-refractivity contribution is 7.99. The molecule has 1 aromatic heterocycles. The van der Waals surface area contributed by atoms with Gasteiger partial charge in [0, 0.05) is 14.0 Å². The number of carbonyl (C=O) groups is 1. The molecule has 66 valence electrons. The summed E-state index contributed by atoms with van der Waals surface area (Å²) in [5.74, 6) is 1.04. The summed E-state index contributed by atoms with van der Waals surface area (Å²) < 4.78 is 1.83. The summed E-state index contributed by atoms with van der Waals surface area (Å²) in [7, 11) is 1.86. The van der Waals surface area contributed by atoms with Crippen molar-refractivity contribution in [3.63, 3.8) is 0 Å². The van der Waals surface area contributed by atoms with Gasteiger partial charge in [-0.3, -0.25) is 4.79 Å². The average molecular weight is 184 g/mol. The molecule has 0 saturated carbocycles. The highest BCUT2D eigenvalue weighted by Gasteiger charge is 2.08. The van der Waals surface area contributed by atoms with Crippen LogP contribution in [0.1, 0.15) is 24.3 Å². The number of hydrogen-bond donors (Lipinski definition) is 0. The molecular formula is C8H12N2OS. The zero-order chi connectivity index (χ0) is 9.14. The number of aromatic nitrogens is 2. The summed E-state index contributed by atoms with van der Waals surface area (Å²) in [6, 6.07) is 0. The third-order valence-corrected chi connectivity index (χ3v) is 2.51. The number of carbonyl (C=O) groups excluding carboxylic acids is 1. The normalized spacial score (nSPS) is 10.2. The Morgan fingerprint density at radius 3 is 2.83 bits per heavy atom. The Bertz CT molecular complexity index is 293. The van der Waals surface area contributed by atoms with Crippen molar-refractivity contribution in [2.45, 2.75) is 19.0 Å². The van der Waals surface area contributed by atoms with E-state index in [2.05, 4.69) is 11.9 Å². The number of rotatable bonds is 3. The third-order valence-electron chi connectivity index (χ3n) is 1.58. The molecule has 0 unspecified atom stereocenters. The van der Waals surface area contributed by atoms with Gasteiger partial charge in [-0.05, 0) is 5.75 Å². The molecule has 0 spiro atoms. The Kier molecular flexibility index (Phi) is 2.92. The molecule has 4 heteroatoms. The van der Waals surface area contributed by atoms with E-state index in [0.29, 0.717) is 5.69 Å². The lowest BCUT2D eigenvalue weighted by molar-refractivity contribution is 0.100. The molecule has 0 N–H and O–H groups in total. The summed E-state index contributed by atoms with van der Waals surface area (Å²) >= 11 is 1.64. The van der Waals surface area contributed by atoms with Crippen molar-refractivity contribution >= 4 is 17.5 Å². The number of ketones is 1. The van der Waals surface area contributed by atoms with E-state index in [1.807, 2.05) is 11.6 Å². The summed E-state index contributed by atoms with van der Waals surface area (Å²) in [6.45, 7) is 3.62. The third kappa shape index (κ3) is 1.69. The zero-order valence-corrected chi connectivity index (χ0v) is 8.31. The van der Waals surface area contributed by atoms with E-state index in [9.17, 15) is 4.79 Å². The van der Waals surface area contributed by atoms with Crippen molar-refractivity contribution < 1.29 is 4.79 Å². The van der Waals surface area contributed by atoms with E-state index in [1.165, 1.54) is 0 Å². The van der Waals surface area contributed by atoms with Gasteiger partial charge >= 0.3 is 0 Å². The Hall–Kier alpha value is -0.770. The second-order valence-corrected chi connectivity index (χ2v) is 3.71. The van der Waals surface area contributed by atoms with Crippen LogP contribution in [0.15, 0.2) is 11.4 Å². The van der Waals surface area contributed by atoms with Crippen LogP contribution in [0.3, 0.4) is 0 Å². The van der Waals surface area contributed by atoms with E-state index in [1.54, 1.807) is 24.9 Å². The first-order valence-electron chi connectivity index (χ1n) is 3.82. The van der Waals surface area contributed by atoms with Gasteiger partial charge in [0.25, 0.3) is 0 Å². The van der Waals surface area contributed by atoms with Crippen LogP contribution in [0.2, 0.25) is 0 Å². The van der Waals surface area contributed by atoms with Crippen molar-refractivity contribution in [1.82, 2.24) is 9.55 Å². The lowest BCUT2D eigenvalue weighted by Crippen LogP contribution is -2.02. The first-order chi connectivity index (χ1) is 5.66. The molecule has 0 fully saturated rings. The second-order valence-electron chi connectivity index (χ2n) is 2.47. The topological polar surface area (TPSA) is 34.9 Å². The molecule has 0 aliphatic carbocycles. The molecule has 0 saturated heterocycles. The van der Waals surface area contributed by atoms with Crippen LogP contribution in [0.25, 0.3) is 0 Å². The van der Waals surface area contributed by atoms with E-state index in [4.69, 9.17) is 0 Å². The Morgan fingerprint density at radius 1 is 1.75 bits per heavy atom. The molecule has 0 bridgehead atoms. The molecule has 0 aliphatic rings. The van der Waals surface area contributed by atoms with Gasteiger partial charge in [0.1, 0.15) is 5.69 Å². The molecule has 1 aromatic rings. The lowest BCUT2D eigenvalue weighted by atomic mass is 10.3. The van der Waals surface area contributed by atoms with Gasteiger partial charge in [-0.1, -0.05) is 18.7 Å². The van der Waals surface area contributed by atoms with Crippen molar-refractivity contribution in [3.05, 3.63) is 11.9 Å². The summed E-state index contributed by atoms with van der Waals surface area (Å²) in [4.78, 5) is 15.1. The van der Waals surface area contributed by atoms with Gasteiger partial charge in [-0.15, -0.1) is 0 Å². The summed E-state index contributed by atoms with van der Waals surface area (Å²) in [5, 5.41) is 0.905. The van der Waals surface area contributed by atoms with Gasteiger partial charge in [-0.25, -0.2) is 4.98 Å². The standard InChI is InChI=1S/C8H12N2OS/c1-4-12-8-9-5-7(6(2)11)10(8)3/h5H,4H2,1-3H3. The predicted molar refractivity (Wildman–Crippen MR) is 49.6 cm³/mol. The van der Waals surface area contributed by atoms with E-state index in [0.717, 1.165) is 10.9 Å². The second kappa shape index (κ2) is 3.76. The van der Waals surface area contributed by atoms with Gasteiger partial charge in [0.15, 0.2) is 10.9 Å². The smallest absolute Gasteiger partial charge is 0.177 e. The molecule has 0 aromatic carbocycles. The SMILES string of the molecule is CCSc1ncc(C(C)=O)n1C. The number of nitrogens with zero attached hydrogens (tertiary/aromatic N) is 2. The number of thioether (sulfide) groups is 1. The van der Waals surface area contributed by atoms with Crippen LogP contribution >= 0.6 is 11.8 Å². The lowest BCUT2D eigenvalue weighted by Gasteiger charge is -2.00. The van der Waals surface area contributed by atoms with Gasteiger partial charge in [0.05, 0.1) is 6.20 Å². The first-order valence-corrected chi connectivity index (χ1v) is 4.80. The summed E-state index contributed by atoms with van der Waals surface area (Å²) in [5.41, 5.74) is 0.672. The largest absolute Gasteiger partial charge is 0.320 e. The van der Waals surface area contributed by atoms with E-state index >= 15 is 0 Å². The van der Waals surface area contributed by atoms with Crippen LogP contribution in [0.4, 0.5) is 0 Å². The number of imidazole rings is 1. The monoisotopic (exact) mass is 184 g/mol. The number of hydrogen-bond acceptors (Lipinski definition) is 3. The fourth-order valence-electron chi connectivity index (χ4n) is 0.983. The van der Waals surface area contributed by atoms with Gasteiger partial charge < -0.3 is 4.57 Å². The van der Waals surface area contributed by atoms with Crippen molar-refractivity contribution in [3.8, 4) is 0 Å². The Balaban J connectivity index is 2.96. The van der Waals surface area contributed by atoms with Crippen LogP contribution < -0.4 is 0 Å². The Morgan fingerprint density at radius 2 is 2.42 bits per heavy atom. The molecule has 0 atom stereocenters. The minimum Gasteiger partial charge on any atom is -0.320 e. The molecule has 0 amide bonds. The highest BCUT2D eigenvalue weighted by atomic mass is 32.2. The highest BCUT2D eigenvalue weighted by Crippen LogP contribution is 2.16. The molecule has 0 radical (unpaired) electrons. The molecule has 1 rings (SSSR count). The van der Waals surface area contributed by atoms with Gasteiger partial charge in [-0.2, -0.15) is 0 Å². The van der Waals surface area contributed by atoms with E-state index in [-0.39, 0.29) is 5.78 Å². The number of Topliss-reactive ketones (excluding diaryl/α,β-unsaturated/α-hetero) is 1. The van der Waals surface area contributed by atoms with Crippen LogP contribution in [0, 0.1) is 0 Å². The minimum atomic E-state index is 0.0629. The van der Waals surface area contributed by atoms with Crippen molar-refractivity contribution in [2.75, 3.05) is 5.75 Å². The fraction of sp³-hybridized carbons (Fsp3) is 0.500. The van der Waals surface area contributed by atoms with Crippen LogP contribution in [-0.2, 0) is 7.05 Å². The fourth-order valence-corrected chi connectivity index (χ4v) is 1.66. The van der Waals surface area contributed by atoms with Crippen molar-refractivity contribution in [1.29, 1.82) is 0 Å². The maximum absolute atomic E-state index is 11.0. The van der Waals surface area contributed by atoms with Crippen molar-refractivity contribution in [2.24, 2.45) is 7.05 Å². The molecule has 12 heavy (non-hydrogen) atoms. The quantitative estimate of drug-likeness (QED) is 0.530. The predicted octanol–water partition coefficient (Wildman–Crippen LogP) is 1.73. The Labute approximate surface area is 76.2 Å². The minimum absolute atomic E-state index is 0.0629. The van der Waals surface area contributed by atoms with Crippen LogP contribution in [-0.4, -0.2) is 21.1 Å².